The molecular weight excluding hydrogens is 502 g/mol. The maximum Gasteiger partial charge on any atom is 0.298 e. The molecule has 2 N–H and O–H groups in total. The van der Waals surface area contributed by atoms with Gasteiger partial charge in [-0.25, -0.2) is 4.98 Å². The molecule has 0 spiro atoms. The maximum atomic E-state index is 13.5. The van der Waals surface area contributed by atoms with Crippen molar-refractivity contribution < 1.29 is 14.3 Å². The highest BCUT2D eigenvalue weighted by Gasteiger charge is 2.26. The van der Waals surface area contributed by atoms with E-state index in [9.17, 15) is 9.59 Å². The number of benzene rings is 2. The molecule has 2 aromatic carbocycles. The van der Waals surface area contributed by atoms with Crippen molar-refractivity contribution >= 4 is 28.9 Å². The molecule has 0 bridgehead atoms. The molecule has 0 aliphatic carbocycles. The third kappa shape index (κ3) is 6.95. The second kappa shape index (κ2) is 13.1. The molecule has 0 unspecified atom stereocenters. The number of hydrogen-bond donors (Lipinski definition) is 2. The average molecular weight is 540 g/mol. The number of ketones is 1. The lowest BCUT2D eigenvalue weighted by molar-refractivity contribution is -0.112. The van der Waals surface area contributed by atoms with Crippen molar-refractivity contribution in [2.45, 2.75) is 27.3 Å². The van der Waals surface area contributed by atoms with Crippen molar-refractivity contribution in [2.75, 3.05) is 49.4 Å². The predicted octanol–water partition coefficient (Wildman–Crippen LogP) is 5.49. The van der Waals surface area contributed by atoms with E-state index in [4.69, 9.17) is 4.74 Å². The predicted molar refractivity (Wildman–Crippen MR) is 161 cm³/mol. The minimum Gasteiger partial charge on any atom is -0.383 e. The van der Waals surface area contributed by atoms with Crippen molar-refractivity contribution in [1.82, 2.24) is 9.55 Å². The van der Waals surface area contributed by atoms with E-state index in [1.165, 1.54) is 5.56 Å². The summed E-state index contributed by atoms with van der Waals surface area (Å²) in [6.45, 7) is 8.36. The lowest BCUT2D eigenvalue weighted by atomic mass is 10.0. The lowest BCUT2D eigenvalue weighted by Crippen LogP contribution is -2.27. The minimum absolute atomic E-state index is 0.361. The Morgan fingerprint density at radius 2 is 1.70 bits per heavy atom. The van der Waals surface area contributed by atoms with Crippen LogP contribution in [0.15, 0.2) is 72.8 Å². The van der Waals surface area contributed by atoms with E-state index in [1.807, 2.05) is 98.3 Å². The summed E-state index contributed by atoms with van der Waals surface area (Å²) >= 11 is 0. The largest absolute Gasteiger partial charge is 0.383 e. The number of carbonyl (C=O) groups excluding carboxylic acids is 2. The van der Waals surface area contributed by atoms with Gasteiger partial charge in [-0.2, -0.15) is 0 Å². The van der Waals surface area contributed by atoms with Crippen LogP contribution in [0.3, 0.4) is 0 Å². The molecule has 0 aliphatic rings. The fourth-order valence-corrected chi connectivity index (χ4v) is 4.74. The highest BCUT2D eigenvalue weighted by atomic mass is 16.5. The van der Waals surface area contributed by atoms with Crippen molar-refractivity contribution in [3.05, 3.63) is 95.4 Å². The zero-order chi connectivity index (χ0) is 28.6. The molecule has 2 heterocycles. The first-order valence-corrected chi connectivity index (χ1v) is 13.4. The number of Topliss-reactive ketones (excluding diaryl/α,β-unsaturated/α-hetero) is 1. The minimum atomic E-state index is -0.680. The lowest BCUT2D eigenvalue weighted by Gasteiger charge is -2.20. The summed E-state index contributed by atoms with van der Waals surface area (Å²) in [6, 6.07) is 23.1. The standard InChI is InChI=1S/C32H37N5O3/c1-22-19-23(2)34-29(20-22)33-15-16-36(4)27-13-11-26(12-14-27)35-32(39)31(38)30-28(25-9-7-6-8-10-25)21-24(3)37(30)17-18-40-5/h6-14,19-21H,15-18H2,1-5H3,(H,33,34)(H,35,39). The Bertz CT molecular complexity index is 1440. The number of aromatic nitrogens is 2. The number of nitrogens with zero attached hydrogens (tertiary/aromatic N) is 3. The molecule has 0 fully saturated rings. The molecule has 208 valence electrons. The molecule has 1 amide bonds. The van der Waals surface area contributed by atoms with E-state index >= 15 is 0 Å². The van der Waals surface area contributed by atoms with Gasteiger partial charge in [0.15, 0.2) is 0 Å². The summed E-state index contributed by atoms with van der Waals surface area (Å²) < 4.78 is 7.10. The van der Waals surface area contributed by atoms with E-state index < -0.39 is 11.7 Å². The summed E-state index contributed by atoms with van der Waals surface area (Å²) in [5, 5.41) is 6.15. The van der Waals surface area contributed by atoms with Gasteiger partial charge >= 0.3 is 0 Å². The molecule has 2 aromatic heterocycles. The third-order valence-corrected chi connectivity index (χ3v) is 6.75. The summed E-state index contributed by atoms with van der Waals surface area (Å²) in [5.41, 5.74) is 6.58. The SMILES string of the molecule is COCCn1c(C)cc(-c2ccccc2)c1C(=O)C(=O)Nc1ccc(N(C)CCNc2cc(C)cc(C)n2)cc1. The number of carbonyl (C=O) groups is 2. The van der Waals surface area contributed by atoms with Crippen LogP contribution in [0.2, 0.25) is 0 Å². The molecular formula is C32H37N5O3. The fourth-order valence-electron chi connectivity index (χ4n) is 4.74. The van der Waals surface area contributed by atoms with Crippen LogP contribution in [0.5, 0.6) is 0 Å². The van der Waals surface area contributed by atoms with Gasteiger partial charge in [-0.1, -0.05) is 30.3 Å². The number of rotatable bonds is 12. The van der Waals surface area contributed by atoms with Gasteiger partial charge < -0.3 is 24.8 Å². The number of anilines is 3. The normalized spacial score (nSPS) is 10.8. The second-order valence-corrected chi connectivity index (χ2v) is 9.91. The van der Waals surface area contributed by atoms with Crippen LogP contribution in [0.25, 0.3) is 11.1 Å². The van der Waals surface area contributed by atoms with E-state index in [0.717, 1.165) is 47.1 Å². The Morgan fingerprint density at radius 3 is 2.38 bits per heavy atom. The van der Waals surface area contributed by atoms with Gasteiger partial charge in [-0.3, -0.25) is 9.59 Å². The zero-order valence-electron chi connectivity index (χ0n) is 23.8. The maximum absolute atomic E-state index is 13.5. The number of methoxy groups -OCH3 is 1. The number of likely N-dealkylation sites (N-methyl/N-ethyl adjacent to an activating group) is 1. The molecule has 0 saturated carbocycles. The number of nitrogens with one attached hydrogen (secondary N) is 2. The van der Waals surface area contributed by atoms with Gasteiger partial charge in [0, 0.05) is 62.1 Å². The molecule has 8 nitrogen and oxygen atoms in total. The Labute approximate surface area is 236 Å². The van der Waals surface area contributed by atoms with Crippen molar-refractivity contribution in [1.29, 1.82) is 0 Å². The van der Waals surface area contributed by atoms with Gasteiger partial charge in [-0.05, 0) is 74.4 Å². The molecule has 8 heteroatoms. The first-order chi connectivity index (χ1) is 19.3. The second-order valence-electron chi connectivity index (χ2n) is 9.91. The van der Waals surface area contributed by atoms with E-state index in [-0.39, 0.29) is 0 Å². The van der Waals surface area contributed by atoms with E-state index in [2.05, 4.69) is 27.4 Å². The van der Waals surface area contributed by atoms with Crippen molar-refractivity contribution in [2.24, 2.45) is 0 Å². The molecule has 0 atom stereocenters. The smallest absolute Gasteiger partial charge is 0.298 e. The van der Waals surface area contributed by atoms with Gasteiger partial charge in [-0.15, -0.1) is 0 Å². The molecule has 0 radical (unpaired) electrons. The Balaban J connectivity index is 1.42. The van der Waals surface area contributed by atoms with E-state index in [1.54, 1.807) is 7.11 Å². The summed E-state index contributed by atoms with van der Waals surface area (Å²) in [6.07, 6.45) is 0. The number of amides is 1. The van der Waals surface area contributed by atoms with Gasteiger partial charge in [0.1, 0.15) is 11.5 Å². The molecule has 4 aromatic rings. The molecule has 40 heavy (non-hydrogen) atoms. The van der Waals surface area contributed by atoms with Crippen LogP contribution in [-0.4, -0.2) is 55.1 Å². The Hall–Kier alpha value is -4.43. The topological polar surface area (TPSA) is 88.5 Å². The van der Waals surface area contributed by atoms with Crippen LogP contribution in [-0.2, 0) is 16.1 Å². The Kier molecular flexibility index (Phi) is 9.35. The molecule has 0 saturated heterocycles. The quantitative estimate of drug-likeness (QED) is 0.183. The van der Waals surface area contributed by atoms with Crippen molar-refractivity contribution in [3.63, 3.8) is 0 Å². The van der Waals surface area contributed by atoms with Crippen molar-refractivity contribution in [3.8, 4) is 11.1 Å². The monoisotopic (exact) mass is 539 g/mol. The summed E-state index contributed by atoms with van der Waals surface area (Å²) in [7, 11) is 3.63. The summed E-state index contributed by atoms with van der Waals surface area (Å²) in [5.74, 6) is -0.400. The first-order valence-electron chi connectivity index (χ1n) is 13.4. The van der Waals surface area contributed by atoms with Crippen LogP contribution in [0, 0.1) is 20.8 Å². The fraction of sp³-hybridized carbons (Fsp3) is 0.281. The number of hydrogen-bond acceptors (Lipinski definition) is 6. The molecule has 4 rings (SSSR count). The van der Waals surface area contributed by atoms with Gasteiger partial charge in [0.2, 0.25) is 0 Å². The third-order valence-electron chi connectivity index (χ3n) is 6.75. The van der Waals surface area contributed by atoms with Crippen LogP contribution in [0.4, 0.5) is 17.2 Å². The van der Waals surface area contributed by atoms with Crippen LogP contribution >= 0.6 is 0 Å². The summed E-state index contributed by atoms with van der Waals surface area (Å²) in [4.78, 5) is 33.3. The average Bonchev–Trinajstić information content (AvgIpc) is 3.27. The number of pyridine rings is 1. The highest BCUT2D eigenvalue weighted by molar-refractivity contribution is 6.47. The molecule has 0 aliphatic heterocycles. The van der Waals surface area contributed by atoms with Crippen LogP contribution < -0.4 is 15.5 Å². The number of ether oxygens (including phenoxy) is 1. The van der Waals surface area contributed by atoms with Gasteiger partial charge in [0.05, 0.1) is 6.61 Å². The van der Waals surface area contributed by atoms with Gasteiger partial charge in [0.25, 0.3) is 11.7 Å². The zero-order valence-corrected chi connectivity index (χ0v) is 23.8. The van der Waals surface area contributed by atoms with E-state index in [0.29, 0.717) is 24.5 Å². The first kappa shape index (κ1) is 28.6. The Morgan fingerprint density at radius 1 is 0.975 bits per heavy atom. The van der Waals surface area contributed by atoms with Crippen LogP contribution in [0.1, 0.15) is 27.4 Å². The number of aryl methyl sites for hydroxylation is 3. The highest BCUT2D eigenvalue weighted by Crippen LogP contribution is 2.28.